The first-order valence-electron chi connectivity index (χ1n) is 8.00. The molecule has 0 aliphatic carbocycles. The monoisotopic (exact) mass is 380 g/mol. The zero-order chi connectivity index (χ0) is 17.9. The van der Waals surface area contributed by atoms with Gasteiger partial charge in [0.1, 0.15) is 0 Å². The van der Waals surface area contributed by atoms with Crippen LogP contribution in [0.4, 0.5) is 0 Å². The van der Waals surface area contributed by atoms with E-state index in [2.05, 4.69) is 5.32 Å². The Balaban J connectivity index is 1.81. The number of aromatic nitrogens is 1. The van der Waals surface area contributed by atoms with Crippen LogP contribution in [-0.4, -0.2) is 25.7 Å². The summed E-state index contributed by atoms with van der Waals surface area (Å²) in [6.07, 6.45) is 4.11. The highest BCUT2D eigenvalue weighted by Crippen LogP contribution is 2.39. The van der Waals surface area contributed by atoms with E-state index in [1.165, 1.54) is 24.5 Å². The number of ether oxygens (including phenoxy) is 1. The Morgan fingerprint density at radius 2 is 1.88 bits per heavy atom. The Morgan fingerprint density at radius 3 is 2.52 bits per heavy atom. The van der Waals surface area contributed by atoms with Gasteiger partial charge in [-0.1, -0.05) is 29.3 Å². The number of amides is 1. The van der Waals surface area contributed by atoms with E-state index >= 15 is 0 Å². The summed E-state index contributed by atoms with van der Waals surface area (Å²) in [4.78, 5) is 12.4. The maximum atomic E-state index is 12.4. The molecule has 0 spiro atoms. The van der Waals surface area contributed by atoms with Crippen LogP contribution in [0.15, 0.2) is 42.7 Å². The van der Waals surface area contributed by atoms with Gasteiger partial charge in [0.25, 0.3) is 5.91 Å². The third-order valence-corrected chi connectivity index (χ3v) is 5.15. The van der Waals surface area contributed by atoms with Gasteiger partial charge < -0.3 is 15.3 Å². The lowest BCUT2D eigenvalue weighted by Gasteiger charge is -2.38. The van der Waals surface area contributed by atoms with Crippen LogP contribution in [0.1, 0.15) is 28.8 Å². The molecule has 2 aromatic rings. The largest absolute Gasteiger partial charge is 0.619 e. The number of halogens is 2. The van der Waals surface area contributed by atoms with Gasteiger partial charge in [-0.3, -0.25) is 4.79 Å². The highest BCUT2D eigenvalue weighted by Gasteiger charge is 2.36. The minimum absolute atomic E-state index is 0.225. The van der Waals surface area contributed by atoms with Gasteiger partial charge in [0, 0.05) is 47.4 Å². The molecule has 1 fully saturated rings. The number of nitrogens with zero attached hydrogens (tertiary/aromatic N) is 1. The molecule has 25 heavy (non-hydrogen) atoms. The summed E-state index contributed by atoms with van der Waals surface area (Å²) in [5.74, 6) is -0.225. The zero-order valence-corrected chi connectivity index (χ0v) is 15.0. The van der Waals surface area contributed by atoms with Crippen molar-refractivity contribution >= 4 is 29.1 Å². The Kier molecular flexibility index (Phi) is 5.47. The molecule has 0 atom stereocenters. The zero-order valence-electron chi connectivity index (χ0n) is 13.5. The summed E-state index contributed by atoms with van der Waals surface area (Å²) in [5, 5.41) is 15.2. The van der Waals surface area contributed by atoms with E-state index in [4.69, 9.17) is 27.9 Å². The molecule has 1 saturated heterocycles. The summed E-state index contributed by atoms with van der Waals surface area (Å²) >= 11 is 12.4. The van der Waals surface area contributed by atoms with E-state index < -0.39 is 0 Å². The van der Waals surface area contributed by atoms with E-state index in [0.29, 0.717) is 40.1 Å². The third kappa shape index (κ3) is 4.06. The molecule has 3 rings (SSSR count). The van der Waals surface area contributed by atoms with Gasteiger partial charge >= 0.3 is 0 Å². The molecule has 1 aliphatic rings. The molecule has 5 nitrogen and oxygen atoms in total. The van der Waals surface area contributed by atoms with Gasteiger partial charge in [-0.25, -0.2) is 0 Å². The molecule has 1 aromatic carbocycles. The molecule has 0 unspecified atom stereocenters. The maximum absolute atomic E-state index is 12.4. The molecule has 1 aromatic heterocycles. The van der Waals surface area contributed by atoms with Crippen molar-refractivity contribution in [2.75, 3.05) is 19.8 Å². The molecule has 0 saturated carbocycles. The highest BCUT2D eigenvalue weighted by molar-refractivity contribution is 6.35. The second kappa shape index (κ2) is 7.60. The van der Waals surface area contributed by atoms with Crippen molar-refractivity contribution in [1.29, 1.82) is 0 Å². The Hall–Kier alpha value is -1.82. The van der Waals surface area contributed by atoms with E-state index in [9.17, 15) is 10.0 Å². The molecule has 2 heterocycles. The van der Waals surface area contributed by atoms with Crippen LogP contribution in [0.3, 0.4) is 0 Å². The van der Waals surface area contributed by atoms with E-state index in [1.807, 2.05) is 12.1 Å². The lowest BCUT2D eigenvalue weighted by molar-refractivity contribution is -0.605. The van der Waals surface area contributed by atoms with E-state index in [0.717, 1.165) is 18.4 Å². The fourth-order valence-corrected chi connectivity index (χ4v) is 3.75. The number of hydrogen-bond acceptors (Lipinski definition) is 3. The second-order valence-electron chi connectivity index (χ2n) is 6.15. The molecule has 0 radical (unpaired) electrons. The lowest BCUT2D eigenvalue weighted by atomic mass is 9.74. The first kappa shape index (κ1) is 18.0. The van der Waals surface area contributed by atoms with Crippen molar-refractivity contribution in [2.24, 2.45) is 0 Å². The second-order valence-corrected chi connectivity index (χ2v) is 6.99. The van der Waals surface area contributed by atoms with Crippen LogP contribution < -0.4 is 10.0 Å². The predicted molar refractivity (Wildman–Crippen MR) is 95.9 cm³/mol. The Bertz CT molecular complexity index is 759. The molecule has 1 amide bonds. The van der Waals surface area contributed by atoms with Gasteiger partial charge in [0.15, 0.2) is 12.4 Å². The standard InChI is InChI=1S/C18H18Cl2N2O3/c19-14-1-2-15(16(20)11-14)18(5-9-25-10-6-18)12-21-17(23)13-3-7-22(24)8-4-13/h1-4,7-8,11H,5-6,9-10,12H2,(H,21,23). The number of carbonyl (C=O) groups is 1. The molecule has 132 valence electrons. The van der Waals surface area contributed by atoms with Crippen LogP contribution in [0, 0.1) is 5.21 Å². The van der Waals surface area contributed by atoms with Gasteiger partial charge in [-0.15, -0.1) is 0 Å². The van der Waals surface area contributed by atoms with E-state index in [1.54, 1.807) is 6.07 Å². The average Bonchev–Trinajstić information content (AvgIpc) is 2.61. The fraction of sp³-hybridized carbons (Fsp3) is 0.333. The van der Waals surface area contributed by atoms with Gasteiger partial charge in [0.2, 0.25) is 0 Å². The molecule has 0 bridgehead atoms. The minimum Gasteiger partial charge on any atom is -0.619 e. The topological polar surface area (TPSA) is 65.3 Å². The summed E-state index contributed by atoms with van der Waals surface area (Å²) in [5.41, 5.74) is 1.10. The summed E-state index contributed by atoms with van der Waals surface area (Å²) in [6, 6.07) is 8.45. The smallest absolute Gasteiger partial charge is 0.251 e. The van der Waals surface area contributed by atoms with Crippen molar-refractivity contribution in [3.05, 3.63) is 69.1 Å². The number of carbonyl (C=O) groups excluding carboxylic acids is 1. The summed E-state index contributed by atoms with van der Waals surface area (Å²) < 4.78 is 6.14. The van der Waals surface area contributed by atoms with Crippen LogP contribution in [0.25, 0.3) is 0 Å². The van der Waals surface area contributed by atoms with Crippen molar-refractivity contribution < 1.29 is 14.3 Å². The maximum Gasteiger partial charge on any atom is 0.251 e. The number of pyridine rings is 1. The number of hydrogen-bond donors (Lipinski definition) is 1. The third-order valence-electron chi connectivity index (χ3n) is 4.60. The van der Waals surface area contributed by atoms with Crippen LogP contribution >= 0.6 is 23.2 Å². The van der Waals surface area contributed by atoms with Crippen molar-refractivity contribution in [3.63, 3.8) is 0 Å². The number of nitrogens with one attached hydrogen (secondary N) is 1. The number of benzene rings is 1. The lowest BCUT2D eigenvalue weighted by Crippen LogP contribution is -2.45. The Morgan fingerprint density at radius 1 is 1.20 bits per heavy atom. The first-order chi connectivity index (χ1) is 12.0. The molecular formula is C18H18Cl2N2O3. The SMILES string of the molecule is O=C(NCC1(c2ccc(Cl)cc2Cl)CCOCC1)c1cc[n+]([O-])cc1. The average molecular weight is 381 g/mol. The van der Waals surface area contributed by atoms with Crippen LogP contribution in [0.5, 0.6) is 0 Å². The Labute approximate surface area is 156 Å². The van der Waals surface area contributed by atoms with E-state index in [-0.39, 0.29) is 11.3 Å². The highest BCUT2D eigenvalue weighted by atomic mass is 35.5. The quantitative estimate of drug-likeness (QED) is 0.654. The molecular weight excluding hydrogens is 363 g/mol. The first-order valence-corrected chi connectivity index (χ1v) is 8.76. The summed E-state index contributed by atoms with van der Waals surface area (Å²) in [7, 11) is 0. The van der Waals surface area contributed by atoms with Gasteiger partial charge in [-0.05, 0) is 30.5 Å². The minimum atomic E-state index is -0.303. The molecule has 1 aliphatic heterocycles. The molecule has 7 heteroatoms. The molecule has 1 N–H and O–H groups in total. The number of rotatable bonds is 4. The summed E-state index contributed by atoms with van der Waals surface area (Å²) in [6.45, 7) is 1.65. The van der Waals surface area contributed by atoms with Gasteiger partial charge in [-0.2, -0.15) is 4.73 Å². The van der Waals surface area contributed by atoms with Gasteiger partial charge in [0.05, 0.1) is 5.56 Å². The van der Waals surface area contributed by atoms with Crippen molar-refractivity contribution in [1.82, 2.24) is 5.32 Å². The predicted octanol–water partition coefficient (Wildman–Crippen LogP) is 3.11. The fourth-order valence-electron chi connectivity index (χ4n) is 3.14. The van der Waals surface area contributed by atoms with Crippen molar-refractivity contribution in [3.8, 4) is 0 Å². The van der Waals surface area contributed by atoms with Crippen molar-refractivity contribution in [2.45, 2.75) is 18.3 Å². The van der Waals surface area contributed by atoms with Crippen LogP contribution in [0.2, 0.25) is 10.0 Å². The van der Waals surface area contributed by atoms with Crippen LogP contribution in [-0.2, 0) is 10.2 Å². The normalized spacial score (nSPS) is 16.4.